The van der Waals surface area contributed by atoms with Gasteiger partial charge in [-0.05, 0) is 37.1 Å². The molecular formula is C15H31NO2. The van der Waals surface area contributed by atoms with E-state index in [9.17, 15) is 0 Å². The molecule has 2 unspecified atom stereocenters. The zero-order valence-electron chi connectivity index (χ0n) is 12.8. The molecule has 1 aliphatic rings. The van der Waals surface area contributed by atoms with Gasteiger partial charge in [0.2, 0.25) is 0 Å². The van der Waals surface area contributed by atoms with Crippen molar-refractivity contribution in [2.45, 2.75) is 58.7 Å². The van der Waals surface area contributed by atoms with Gasteiger partial charge in [-0.3, -0.25) is 0 Å². The van der Waals surface area contributed by atoms with E-state index in [1.807, 2.05) is 0 Å². The van der Waals surface area contributed by atoms with Gasteiger partial charge in [0.1, 0.15) is 0 Å². The van der Waals surface area contributed by atoms with E-state index in [0.717, 1.165) is 18.8 Å². The normalized spacial score (nSPS) is 28.3. The monoisotopic (exact) mass is 257 g/mol. The van der Waals surface area contributed by atoms with Crippen molar-refractivity contribution in [1.29, 1.82) is 0 Å². The van der Waals surface area contributed by atoms with Gasteiger partial charge in [0.25, 0.3) is 0 Å². The first-order chi connectivity index (χ1) is 8.45. The molecule has 0 amide bonds. The van der Waals surface area contributed by atoms with E-state index < -0.39 is 5.79 Å². The van der Waals surface area contributed by atoms with Crippen molar-refractivity contribution in [3.63, 3.8) is 0 Å². The van der Waals surface area contributed by atoms with Gasteiger partial charge in [-0.15, -0.1) is 0 Å². The lowest BCUT2D eigenvalue weighted by Crippen LogP contribution is -2.49. The Kier molecular flexibility index (Phi) is 5.63. The lowest BCUT2D eigenvalue weighted by atomic mass is 9.64. The minimum absolute atomic E-state index is 0.403. The number of nitrogens with two attached hydrogens (primary N) is 1. The van der Waals surface area contributed by atoms with Gasteiger partial charge < -0.3 is 15.2 Å². The van der Waals surface area contributed by atoms with Gasteiger partial charge in [0, 0.05) is 26.6 Å². The molecule has 3 heteroatoms. The summed E-state index contributed by atoms with van der Waals surface area (Å²) in [5.74, 6) is 0.763. The van der Waals surface area contributed by atoms with Crippen LogP contribution in [0.4, 0.5) is 0 Å². The van der Waals surface area contributed by atoms with Crippen LogP contribution in [-0.2, 0) is 9.47 Å². The Labute approximate surface area is 112 Å². The molecule has 0 radical (unpaired) electrons. The Morgan fingerprint density at radius 1 is 1.28 bits per heavy atom. The van der Waals surface area contributed by atoms with E-state index in [0.29, 0.717) is 17.9 Å². The van der Waals surface area contributed by atoms with Crippen molar-refractivity contribution >= 4 is 0 Å². The highest BCUT2D eigenvalue weighted by molar-refractivity contribution is 4.92. The third-order valence-corrected chi connectivity index (χ3v) is 5.25. The minimum atomic E-state index is -0.403. The quantitative estimate of drug-likeness (QED) is 0.743. The fourth-order valence-electron chi connectivity index (χ4n) is 3.38. The van der Waals surface area contributed by atoms with Gasteiger partial charge >= 0.3 is 0 Å². The molecule has 1 rings (SSSR count). The first-order valence-electron chi connectivity index (χ1n) is 7.26. The van der Waals surface area contributed by atoms with Crippen molar-refractivity contribution in [3.8, 4) is 0 Å². The van der Waals surface area contributed by atoms with E-state index in [1.165, 1.54) is 19.3 Å². The maximum atomic E-state index is 5.77. The van der Waals surface area contributed by atoms with Crippen LogP contribution in [-0.4, -0.2) is 26.6 Å². The smallest absolute Gasteiger partial charge is 0.170 e. The van der Waals surface area contributed by atoms with Gasteiger partial charge in [-0.1, -0.05) is 27.2 Å². The third-order valence-electron chi connectivity index (χ3n) is 5.25. The largest absolute Gasteiger partial charge is 0.353 e. The van der Waals surface area contributed by atoms with E-state index in [1.54, 1.807) is 14.2 Å². The van der Waals surface area contributed by atoms with Gasteiger partial charge in [-0.25, -0.2) is 0 Å². The molecule has 1 aliphatic carbocycles. The van der Waals surface area contributed by atoms with E-state index in [-0.39, 0.29) is 0 Å². The number of rotatable bonds is 6. The predicted octanol–water partition coefficient (Wildman–Crippen LogP) is 3.18. The second kappa shape index (κ2) is 6.36. The second-order valence-electron chi connectivity index (χ2n) is 6.31. The molecule has 3 nitrogen and oxygen atoms in total. The molecule has 0 bridgehead atoms. The molecule has 0 aromatic rings. The van der Waals surface area contributed by atoms with Crippen LogP contribution in [0.1, 0.15) is 52.9 Å². The van der Waals surface area contributed by atoms with Gasteiger partial charge in [0.15, 0.2) is 5.79 Å². The highest BCUT2D eigenvalue weighted by atomic mass is 16.7. The van der Waals surface area contributed by atoms with Crippen LogP contribution >= 0.6 is 0 Å². The Morgan fingerprint density at radius 2 is 1.89 bits per heavy atom. The summed E-state index contributed by atoms with van der Waals surface area (Å²) < 4.78 is 11.4. The Hall–Kier alpha value is -0.120. The molecule has 108 valence electrons. The molecule has 1 saturated carbocycles. The van der Waals surface area contributed by atoms with Crippen molar-refractivity contribution in [3.05, 3.63) is 0 Å². The molecule has 18 heavy (non-hydrogen) atoms. The number of ether oxygens (including phenoxy) is 2. The average Bonchev–Trinajstić information content (AvgIpc) is 2.39. The first kappa shape index (κ1) is 15.9. The van der Waals surface area contributed by atoms with Crippen LogP contribution in [0.2, 0.25) is 0 Å². The molecule has 0 aromatic carbocycles. The Balaban J connectivity index is 2.82. The molecule has 1 fully saturated rings. The minimum Gasteiger partial charge on any atom is -0.353 e. The summed E-state index contributed by atoms with van der Waals surface area (Å²) in [6, 6.07) is 0. The summed E-state index contributed by atoms with van der Waals surface area (Å²) in [6.45, 7) is 7.75. The summed E-state index contributed by atoms with van der Waals surface area (Å²) >= 11 is 0. The van der Waals surface area contributed by atoms with Crippen LogP contribution in [0, 0.1) is 17.3 Å². The van der Waals surface area contributed by atoms with Crippen LogP contribution in [0.15, 0.2) is 0 Å². The van der Waals surface area contributed by atoms with Crippen LogP contribution in [0.25, 0.3) is 0 Å². The summed E-state index contributed by atoms with van der Waals surface area (Å²) in [6.07, 6.45) is 5.54. The number of methoxy groups -OCH3 is 2. The van der Waals surface area contributed by atoms with Crippen molar-refractivity contribution in [2.75, 3.05) is 20.8 Å². The van der Waals surface area contributed by atoms with Crippen molar-refractivity contribution < 1.29 is 9.47 Å². The Bertz CT molecular complexity index is 249. The van der Waals surface area contributed by atoms with Gasteiger partial charge in [0.05, 0.1) is 0 Å². The molecule has 0 spiro atoms. The topological polar surface area (TPSA) is 44.5 Å². The molecule has 2 N–H and O–H groups in total. The standard InChI is InChI=1S/C15H31NO2/c1-6-14(2,3)12-7-9-15(17-4,18-5)13(11-12)8-10-16/h12-13H,6-11,16H2,1-5H3. The molecule has 0 saturated heterocycles. The van der Waals surface area contributed by atoms with E-state index in [2.05, 4.69) is 20.8 Å². The lowest BCUT2D eigenvalue weighted by Gasteiger charge is -2.48. The summed E-state index contributed by atoms with van der Waals surface area (Å²) in [4.78, 5) is 0. The SMILES string of the molecule is CCC(C)(C)C1CCC(OC)(OC)C(CCN)C1. The predicted molar refractivity (Wildman–Crippen MR) is 75.3 cm³/mol. The van der Waals surface area contributed by atoms with Crippen molar-refractivity contribution in [1.82, 2.24) is 0 Å². The fraction of sp³-hybridized carbons (Fsp3) is 1.00. The molecule has 2 atom stereocenters. The highest BCUT2D eigenvalue weighted by Gasteiger charge is 2.46. The highest BCUT2D eigenvalue weighted by Crippen LogP contribution is 2.48. The van der Waals surface area contributed by atoms with E-state index in [4.69, 9.17) is 15.2 Å². The second-order valence-corrected chi connectivity index (χ2v) is 6.31. The molecule has 0 heterocycles. The summed E-state index contributed by atoms with van der Waals surface area (Å²) in [7, 11) is 3.52. The average molecular weight is 257 g/mol. The number of hydrogen-bond acceptors (Lipinski definition) is 3. The number of hydrogen-bond donors (Lipinski definition) is 1. The Morgan fingerprint density at radius 3 is 2.33 bits per heavy atom. The fourth-order valence-corrected chi connectivity index (χ4v) is 3.38. The van der Waals surface area contributed by atoms with Crippen molar-refractivity contribution in [2.24, 2.45) is 23.0 Å². The molecule has 0 aromatic heterocycles. The maximum absolute atomic E-state index is 5.77. The first-order valence-corrected chi connectivity index (χ1v) is 7.26. The zero-order valence-corrected chi connectivity index (χ0v) is 12.8. The van der Waals surface area contributed by atoms with Crippen LogP contribution in [0.5, 0.6) is 0 Å². The van der Waals surface area contributed by atoms with Crippen LogP contribution in [0.3, 0.4) is 0 Å². The summed E-state index contributed by atoms with van der Waals surface area (Å²) in [5.41, 5.74) is 6.17. The zero-order chi connectivity index (χ0) is 13.8. The third kappa shape index (κ3) is 3.06. The molecular weight excluding hydrogens is 226 g/mol. The lowest BCUT2D eigenvalue weighted by molar-refractivity contribution is -0.263. The molecule has 0 aliphatic heterocycles. The summed E-state index contributed by atoms with van der Waals surface area (Å²) in [5, 5.41) is 0. The van der Waals surface area contributed by atoms with Crippen LogP contribution < -0.4 is 5.73 Å². The van der Waals surface area contributed by atoms with Gasteiger partial charge in [-0.2, -0.15) is 0 Å². The van der Waals surface area contributed by atoms with E-state index >= 15 is 0 Å². The maximum Gasteiger partial charge on any atom is 0.170 e.